The molecule has 5 nitrogen and oxygen atoms in total. The molecule has 0 aliphatic heterocycles. The molecule has 2 aromatic rings. The molecule has 1 aliphatic carbocycles. The van der Waals surface area contributed by atoms with E-state index in [4.69, 9.17) is 5.73 Å². The Morgan fingerprint density at radius 2 is 2.19 bits per heavy atom. The summed E-state index contributed by atoms with van der Waals surface area (Å²) >= 11 is 0. The van der Waals surface area contributed by atoms with Gasteiger partial charge >= 0.3 is 0 Å². The number of aromatic nitrogens is 3. The van der Waals surface area contributed by atoms with E-state index in [0.717, 1.165) is 18.5 Å². The highest BCUT2D eigenvalue weighted by Gasteiger charge is 2.23. The van der Waals surface area contributed by atoms with E-state index in [9.17, 15) is 4.39 Å². The fourth-order valence-electron chi connectivity index (χ4n) is 3.01. The molecule has 0 saturated heterocycles. The van der Waals surface area contributed by atoms with Crippen LogP contribution in [0.5, 0.6) is 0 Å². The van der Waals surface area contributed by atoms with Gasteiger partial charge < -0.3 is 11.1 Å². The molecule has 0 radical (unpaired) electrons. The van der Waals surface area contributed by atoms with Crippen molar-refractivity contribution >= 4 is 5.69 Å². The Morgan fingerprint density at radius 1 is 1.33 bits per heavy atom. The summed E-state index contributed by atoms with van der Waals surface area (Å²) in [7, 11) is 0. The van der Waals surface area contributed by atoms with Gasteiger partial charge in [0.05, 0.1) is 0 Å². The summed E-state index contributed by atoms with van der Waals surface area (Å²) in [6.45, 7) is 0.678. The Labute approximate surface area is 123 Å². The number of rotatable bonds is 4. The van der Waals surface area contributed by atoms with Gasteiger partial charge in [-0.2, -0.15) is 5.10 Å². The Morgan fingerprint density at radius 3 is 2.90 bits per heavy atom. The van der Waals surface area contributed by atoms with Gasteiger partial charge in [0.25, 0.3) is 0 Å². The third-order valence-corrected chi connectivity index (χ3v) is 4.18. The maximum atomic E-state index is 14.2. The monoisotopic (exact) mass is 289 g/mol. The normalized spacial score (nSPS) is 22.2. The molecule has 1 fully saturated rings. The molecule has 0 bridgehead atoms. The number of hydrogen-bond acceptors (Lipinski definition) is 4. The van der Waals surface area contributed by atoms with Gasteiger partial charge in [-0.25, -0.2) is 14.1 Å². The molecule has 2 unspecified atom stereocenters. The van der Waals surface area contributed by atoms with E-state index in [1.165, 1.54) is 36.2 Å². The number of halogens is 1. The van der Waals surface area contributed by atoms with E-state index in [0.29, 0.717) is 24.2 Å². The Hall–Kier alpha value is -1.95. The molecular weight excluding hydrogens is 269 g/mol. The summed E-state index contributed by atoms with van der Waals surface area (Å²) < 4.78 is 15.6. The molecule has 0 spiro atoms. The lowest BCUT2D eigenvalue weighted by Crippen LogP contribution is -2.36. The van der Waals surface area contributed by atoms with Crippen molar-refractivity contribution in [3.8, 4) is 5.69 Å². The minimum Gasteiger partial charge on any atom is -0.382 e. The first-order valence-corrected chi connectivity index (χ1v) is 7.39. The van der Waals surface area contributed by atoms with Crippen LogP contribution in [0.25, 0.3) is 5.69 Å². The molecule has 1 aromatic carbocycles. The number of nitrogens with zero attached hydrogens (tertiary/aromatic N) is 3. The van der Waals surface area contributed by atoms with Crippen molar-refractivity contribution in [2.75, 3.05) is 11.9 Å². The standard InChI is InChI=1S/C15H20FN5/c16-13-7-12(5-6-15(13)21-10-18-9-19-21)20-14-4-2-1-3-11(14)8-17/h5-7,9-11,14,20H,1-4,8,17H2. The molecule has 112 valence electrons. The lowest BCUT2D eigenvalue weighted by Gasteiger charge is -2.32. The van der Waals surface area contributed by atoms with Gasteiger partial charge in [0.2, 0.25) is 0 Å². The molecule has 21 heavy (non-hydrogen) atoms. The number of nitrogens with two attached hydrogens (primary N) is 1. The molecule has 6 heteroatoms. The fourth-order valence-corrected chi connectivity index (χ4v) is 3.01. The van der Waals surface area contributed by atoms with Crippen molar-refractivity contribution in [3.05, 3.63) is 36.7 Å². The topological polar surface area (TPSA) is 68.8 Å². The first-order valence-electron chi connectivity index (χ1n) is 7.39. The maximum Gasteiger partial charge on any atom is 0.150 e. The number of anilines is 1. The van der Waals surface area contributed by atoms with Gasteiger partial charge in [0.15, 0.2) is 5.82 Å². The summed E-state index contributed by atoms with van der Waals surface area (Å²) in [6, 6.07) is 5.44. The van der Waals surface area contributed by atoms with Crippen LogP contribution in [-0.4, -0.2) is 27.4 Å². The maximum absolute atomic E-state index is 14.2. The zero-order chi connectivity index (χ0) is 14.7. The van der Waals surface area contributed by atoms with Crippen LogP contribution in [0, 0.1) is 11.7 Å². The summed E-state index contributed by atoms with van der Waals surface area (Å²) in [5.74, 6) is 0.155. The van der Waals surface area contributed by atoms with Crippen molar-refractivity contribution in [1.82, 2.24) is 14.8 Å². The van der Waals surface area contributed by atoms with Gasteiger partial charge in [-0.3, -0.25) is 0 Å². The highest BCUT2D eigenvalue weighted by Crippen LogP contribution is 2.27. The predicted molar refractivity (Wildman–Crippen MR) is 79.7 cm³/mol. The average molecular weight is 289 g/mol. The number of nitrogens with one attached hydrogen (secondary N) is 1. The predicted octanol–water partition coefficient (Wildman–Crippen LogP) is 2.34. The van der Waals surface area contributed by atoms with E-state index in [1.807, 2.05) is 6.07 Å². The SMILES string of the molecule is NCC1CCCCC1Nc1ccc(-n2cncn2)c(F)c1. The molecule has 0 amide bonds. The second-order valence-electron chi connectivity index (χ2n) is 5.54. The summed E-state index contributed by atoms with van der Waals surface area (Å²) in [5, 5.41) is 7.38. The first-order chi connectivity index (χ1) is 10.3. The minimum atomic E-state index is -0.314. The van der Waals surface area contributed by atoms with Crippen molar-refractivity contribution in [2.24, 2.45) is 11.7 Å². The van der Waals surface area contributed by atoms with Crippen LogP contribution in [0.3, 0.4) is 0 Å². The lowest BCUT2D eigenvalue weighted by molar-refractivity contribution is 0.332. The Bertz CT molecular complexity index is 584. The molecule has 1 saturated carbocycles. The third-order valence-electron chi connectivity index (χ3n) is 4.18. The fraction of sp³-hybridized carbons (Fsp3) is 0.467. The summed E-state index contributed by atoms with van der Waals surface area (Å²) in [6.07, 6.45) is 7.55. The molecule has 1 heterocycles. The van der Waals surface area contributed by atoms with Crippen molar-refractivity contribution in [2.45, 2.75) is 31.7 Å². The van der Waals surface area contributed by atoms with E-state index < -0.39 is 0 Å². The minimum absolute atomic E-state index is 0.314. The van der Waals surface area contributed by atoms with E-state index in [2.05, 4.69) is 15.4 Å². The Kier molecular flexibility index (Phi) is 4.15. The smallest absolute Gasteiger partial charge is 0.150 e. The molecular formula is C15H20FN5. The molecule has 1 aliphatic rings. The Balaban J connectivity index is 1.76. The van der Waals surface area contributed by atoms with Gasteiger partial charge in [0.1, 0.15) is 18.3 Å². The van der Waals surface area contributed by atoms with E-state index in [-0.39, 0.29) is 5.82 Å². The van der Waals surface area contributed by atoms with Crippen LogP contribution in [-0.2, 0) is 0 Å². The summed E-state index contributed by atoms with van der Waals surface area (Å²) in [4.78, 5) is 3.83. The van der Waals surface area contributed by atoms with E-state index in [1.54, 1.807) is 6.07 Å². The zero-order valence-corrected chi connectivity index (χ0v) is 11.9. The molecule has 3 N–H and O–H groups in total. The van der Waals surface area contributed by atoms with E-state index >= 15 is 0 Å². The highest BCUT2D eigenvalue weighted by atomic mass is 19.1. The summed E-state index contributed by atoms with van der Waals surface area (Å²) in [5.41, 5.74) is 7.03. The van der Waals surface area contributed by atoms with Gasteiger partial charge in [-0.15, -0.1) is 0 Å². The highest BCUT2D eigenvalue weighted by molar-refractivity contribution is 5.50. The third kappa shape index (κ3) is 3.05. The van der Waals surface area contributed by atoms with Gasteiger partial charge in [0, 0.05) is 11.7 Å². The van der Waals surface area contributed by atoms with Crippen LogP contribution < -0.4 is 11.1 Å². The molecule has 1 aromatic heterocycles. The molecule has 2 atom stereocenters. The average Bonchev–Trinajstić information content (AvgIpc) is 3.02. The molecule has 3 rings (SSSR count). The van der Waals surface area contributed by atoms with Crippen LogP contribution >= 0.6 is 0 Å². The van der Waals surface area contributed by atoms with Gasteiger partial charge in [-0.05, 0) is 43.5 Å². The van der Waals surface area contributed by atoms with Crippen molar-refractivity contribution < 1.29 is 4.39 Å². The zero-order valence-electron chi connectivity index (χ0n) is 11.9. The second kappa shape index (κ2) is 6.22. The van der Waals surface area contributed by atoms with Crippen molar-refractivity contribution in [3.63, 3.8) is 0 Å². The van der Waals surface area contributed by atoms with Crippen LogP contribution in [0.1, 0.15) is 25.7 Å². The van der Waals surface area contributed by atoms with Crippen LogP contribution in [0.4, 0.5) is 10.1 Å². The van der Waals surface area contributed by atoms with Crippen LogP contribution in [0.15, 0.2) is 30.9 Å². The second-order valence-corrected chi connectivity index (χ2v) is 5.54. The largest absolute Gasteiger partial charge is 0.382 e. The van der Waals surface area contributed by atoms with Gasteiger partial charge in [-0.1, -0.05) is 12.8 Å². The lowest BCUT2D eigenvalue weighted by atomic mass is 9.84. The number of benzene rings is 1. The number of hydrogen-bond donors (Lipinski definition) is 2. The quantitative estimate of drug-likeness (QED) is 0.906. The first kappa shape index (κ1) is 14.0. The van der Waals surface area contributed by atoms with Crippen LogP contribution in [0.2, 0.25) is 0 Å². The van der Waals surface area contributed by atoms with Crippen molar-refractivity contribution in [1.29, 1.82) is 0 Å².